The summed E-state index contributed by atoms with van der Waals surface area (Å²) in [5.74, 6) is 0. The molecular formula is C12H8F6N2S. The minimum absolute atomic E-state index is 0.0961. The van der Waals surface area contributed by atoms with E-state index in [4.69, 9.17) is 5.73 Å². The van der Waals surface area contributed by atoms with E-state index in [2.05, 4.69) is 4.98 Å². The minimum atomic E-state index is -4.85. The number of hydrogen-bond acceptors (Lipinski definition) is 3. The summed E-state index contributed by atoms with van der Waals surface area (Å²) in [4.78, 5) is 3.82. The molecule has 0 fully saturated rings. The third kappa shape index (κ3) is 3.87. The van der Waals surface area contributed by atoms with Crippen molar-refractivity contribution in [3.63, 3.8) is 0 Å². The highest BCUT2D eigenvalue weighted by molar-refractivity contribution is 7.13. The Morgan fingerprint density at radius 2 is 1.48 bits per heavy atom. The highest BCUT2D eigenvalue weighted by Gasteiger charge is 2.36. The summed E-state index contributed by atoms with van der Waals surface area (Å²) in [7, 11) is 0. The van der Waals surface area contributed by atoms with E-state index in [9.17, 15) is 26.3 Å². The topological polar surface area (TPSA) is 38.9 Å². The molecule has 0 bridgehead atoms. The van der Waals surface area contributed by atoms with Crippen LogP contribution in [0.15, 0.2) is 23.6 Å². The lowest BCUT2D eigenvalue weighted by Gasteiger charge is -2.13. The van der Waals surface area contributed by atoms with Crippen LogP contribution in [-0.2, 0) is 18.8 Å². The molecule has 21 heavy (non-hydrogen) atoms. The van der Waals surface area contributed by atoms with Crippen LogP contribution >= 0.6 is 11.3 Å². The molecule has 1 aromatic carbocycles. The van der Waals surface area contributed by atoms with Gasteiger partial charge in [-0.3, -0.25) is 0 Å². The molecule has 0 aliphatic rings. The summed E-state index contributed by atoms with van der Waals surface area (Å²) < 4.78 is 76.1. The molecule has 9 heteroatoms. The highest BCUT2D eigenvalue weighted by atomic mass is 32.1. The second-order valence-electron chi connectivity index (χ2n) is 4.27. The molecule has 0 atom stereocenters. The van der Waals surface area contributed by atoms with Crippen molar-refractivity contribution >= 4 is 16.5 Å². The quantitative estimate of drug-likeness (QED) is 0.833. The number of anilines is 1. The average molecular weight is 326 g/mol. The van der Waals surface area contributed by atoms with E-state index in [1.165, 1.54) is 5.38 Å². The van der Waals surface area contributed by atoms with Crippen molar-refractivity contribution in [2.24, 2.45) is 0 Å². The van der Waals surface area contributed by atoms with Crippen LogP contribution in [0.1, 0.15) is 22.4 Å². The lowest BCUT2D eigenvalue weighted by molar-refractivity contribution is -0.143. The van der Waals surface area contributed by atoms with Crippen LogP contribution in [0.4, 0.5) is 31.5 Å². The summed E-state index contributed by atoms with van der Waals surface area (Å²) in [5, 5.41) is 1.69. The zero-order valence-electron chi connectivity index (χ0n) is 10.2. The van der Waals surface area contributed by atoms with Gasteiger partial charge in [-0.2, -0.15) is 26.3 Å². The van der Waals surface area contributed by atoms with Crippen LogP contribution in [0.3, 0.4) is 0 Å². The first-order valence-corrected chi connectivity index (χ1v) is 6.42. The number of nitrogens with zero attached hydrogens (tertiary/aromatic N) is 1. The monoisotopic (exact) mass is 326 g/mol. The predicted octanol–water partition coefficient (Wildman–Crippen LogP) is 4.35. The van der Waals surface area contributed by atoms with Crippen molar-refractivity contribution in [1.29, 1.82) is 0 Å². The van der Waals surface area contributed by atoms with E-state index >= 15 is 0 Å². The van der Waals surface area contributed by atoms with Crippen molar-refractivity contribution in [3.8, 4) is 0 Å². The SMILES string of the molecule is Nc1nc(Cc2cc(C(F)(F)F)cc(C(F)(F)F)c2)cs1. The van der Waals surface area contributed by atoms with Gasteiger partial charge in [-0.05, 0) is 23.8 Å². The second kappa shape index (κ2) is 5.21. The molecule has 2 aromatic rings. The molecule has 1 heterocycles. The van der Waals surface area contributed by atoms with Gasteiger partial charge in [0.05, 0.1) is 16.8 Å². The molecule has 0 aliphatic carbocycles. The molecule has 2 nitrogen and oxygen atoms in total. The molecular weight excluding hydrogens is 318 g/mol. The number of aromatic nitrogens is 1. The molecule has 0 spiro atoms. The van der Waals surface area contributed by atoms with Gasteiger partial charge in [-0.15, -0.1) is 11.3 Å². The van der Waals surface area contributed by atoms with Crippen molar-refractivity contribution in [2.45, 2.75) is 18.8 Å². The van der Waals surface area contributed by atoms with E-state index in [1.54, 1.807) is 0 Å². The zero-order chi connectivity index (χ0) is 15.8. The third-order valence-corrected chi connectivity index (χ3v) is 3.32. The van der Waals surface area contributed by atoms with E-state index in [0.717, 1.165) is 11.3 Å². The van der Waals surface area contributed by atoms with Gasteiger partial charge in [-0.1, -0.05) is 0 Å². The van der Waals surface area contributed by atoms with Crippen molar-refractivity contribution < 1.29 is 26.3 Å². The smallest absolute Gasteiger partial charge is 0.375 e. The number of rotatable bonds is 2. The standard InChI is InChI=1S/C12H8F6N2S/c13-11(14,15)7-1-6(2-8(4-7)12(16,17)18)3-9-5-21-10(19)20-9/h1-2,4-5H,3H2,(H2,19,20). The lowest BCUT2D eigenvalue weighted by atomic mass is 10.0. The molecule has 0 aliphatic heterocycles. The van der Waals surface area contributed by atoms with E-state index in [1.807, 2.05) is 0 Å². The molecule has 2 rings (SSSR count). The number of benzene rings is 1. The van der Waals surface area contributed by atoms with Gasteiger partial charge in [0, 0.05) is 11.8 Å². The molecule has 114 valence electrons. The fourth-order valence-corrected chi connectivity index (χ4v) is 2.30. The number of halogens is 6. The number of nitrogens with two attached hydrogens (primary N) is 1. The largest absolute Gasteiger partial charge is 0.416 e. The Morgan fingerprint density at radius 3 is 1.86 bits per heavy atom. The molecule has 0 unspecified atom stereocenters. The number of hydrogen-bond donors (Lipinski definition) is 1. The fourth-order valence-electron chi connectivity index (χ4n) is 1.73. The lowest BCUT2D eigenvalue weighted by Crippen LogP contribution is -2.12. The summed E-state index contributed by atoms with van der Waals surface area (Å²) in [6, 6.07) is 1.47. The number of nitrogen functional groups attached to an aromatic ring is 1. The average Bonchev–Trinajstić information content (AvgIpc) is 2.72. The molecule has 2 N–H and O–H groups in total. The summed E-state index contributed by atoms with van der Waals surface area (Å²) in [6.07, 6.45) is -9.85. The first kappa shape index (κ1) is 15.6. The van der Waals surface area contributed by atoms with Crippen molar-refractivity contribution in [1.82, 2.24) is 4.98 Å². The number of thiazole rings is 1. The molecule has 0 saturated carbocycles. The Balaban J connectivity index is 2.45. The van der Waals surface area contributed by atoms with E-state index in [-0.39, 0.29) is 23.2 Å². The van der Waals surface area contributed by atoms with E-state index < -0.39 is 23.5 Å². The Labute approximate surface area is 119 Å². The van der Waals surface area contributed by atoms with Crippen LogP contribution in [0.2, 0.25) is 0 Å². The van der Waals surface area contributed by atoms with Crippen LogP contribution in [0, 0.1) is 0 Å². The molecule has 0 radical (unpaired) electrons. The first-order chi connectivity index (χ1) is 9.55. The maximum atomic E-state index is 12.7. The highest BCUT2D eigenvalue weighted by Crippen LogP contribution is 2.36. The Hall–Kier alpha value is -1.77. The summed E-state index contributed by atoms with van der Waals surface area (Å²) >= 11 is 1.07. The van der Waals surface area contributed by atoms with Gasteiger partial charge >= 0.3 is 12.4 Å². The minimum Gasteiger partial charge on any atom is -0.375 e. The van der Waals surface area contributed by atoms with Gasteiger partial charge in [0.1, 0.15) is 0 Å². The van der Waals surface area contributed by atoms with Gasteiger partial charge in [0.15, 0.2) is 5.13 Å². The third-order valence-electron chi connectivity index (χ3n) is 2.60. The van der Waals surface area contributed by atoms with Crippen molar-refractivity contribution in [3.05, 3.63) is 46.0 Å². The van der Waals surface area contributed by atoms with E-state index in [0.29, 0.717) is 17.8 Å². The second-order valence-corrected chi connectivity index (χ2v) is 5.16. The molecule has 0 saturated heterocycles. The molecule has 1 aromatic heterocycles. The Bertz CT molecular complexity index is 612. The van der Waals surface area contributed by atoms with Crippen LogP contribution < -0.4 is 5.73 Å². The Kier molecular flexibility index (Phi) is 3.87. The van der Waals surface area contributed by atoms with Crippen molar-refractivity contribution in [2.75, 3.05) is 5.73 Å². The predicted molar refractivity (Wildman–Crippen MR) is 65.8 cm³/mol. The van der Waals surface area contributed by atoms with Gasteiger partial charge in [-0.25, -0.2) is 4.98 Å². The summed E-state index contributed by atoms with van der Waals surface area (Å²) in [5.41, 5.74) is 2.90. The zero-order valence-corrected chi connectivity index (χ0v) is 11.0. The van der Waals surface area contributed by atoms with Crippen LogP contribution in [-0.4, -0.2) is 4.98 Å². The molecule has 0 amide bonds. The maximum absolute atomic E-state index is 12.7. The summed E-state index contributed by atoms with van der Waals surface area (Å²) in [6.45, 7) is 0. The fraction of sp³-hybridized carbons (Fsp3) is 0.250. The normalized spacial score (nSPS) is 12.7. The van der Waals surface area contributed by atoms with Gasteiger partial charge in [0.25, 0.3) is 0 Å². The Morgan fingerprint density at radius 1 is 0.952 bits per heavy atom. The number of alkyl halides is 6. The van der Waals surface area contributed by atoms with Crippen LogP contribution in [0.5, 0.6) is 0 Å². The van der Waals surface area contributed by atoms with Gasteiger partial charge in [0.2, 0.25) is 0 Å². The van der Waals surface area contributed by atoms with Crippen LogP contribution in [0.25, 0.3) is 0 Å². The first-order valence-electron chi connectivity index (χ1n) is 5.54. The maximum Gasteiger partial charge on any atom is 0.416 e. The van der Waals surface area contributed by atoms with Gasteiger partial charge < -0.3 is 5.73 Å².